The Morgan fingerprint density at radius 1 is 1.47 bits per heavy atom. The number of rotatable bonds is 6. The van der Waals surface area contributed by atoms with Crippen LogP contribution in [0.2, 0.25) is 0 Å². The maximum Gasteiger partial charge on any atom is 0.235 e. The molecular weight excluding hydrogens is 240 g/mol. The fourth-order valence-corrected chi connectivity index (χ4v) is 2.12. The Bertz CT molecular complexity index is 506. The third-order valence-corrected chi connectivity index (χ3v) is 3.22. The molecular formula is C11H14N2O3S. The van der Waals surface area contributed by atoms with Crippen LogP contribution in [0, 0.1) is 11.3 Å². The molecule has 1 N–H and O–H groups in total. The molecule has 0 bridgehead atoms. The number of hydrogen-bond donors (Lipinski definition) is 1. The maximum atomic E-state index is 11.6. The molecule has 0 spiro atoms. The average Bonchev–Trinajstić information content (AvgIpc) is 2.29. The average molecular weight is 254 g/mol. The molecule has 0 fully saturated rings. The van der Waals surface area contributed by atoms with E-state index in [1.165, 1.54) is 6.07 Å². The van der Waals surface area contributed by atoms with Crippen LogP contribution in [0.5, 0.6) is 0 Å². The molecule has 0 aliphatic heterocycles. The highest BCUT2D eigenvalue weighted by Gasteiger charge is 2.10. The van der Waals surface area contributed by atoms with Crippen molar-refractivity contribution >= 4 is 15.7 Å². The van der Waals surface area contributed by atoms with Crippen molar-refractivity contribution in [3.63, 3.8) is 0 Å². The van der Waals surface area contributed by atoms with E-state index in [-0.39, 0.29) is 12.4 Å². The van der Waals surface area contributed by atoms with Crippen molar-refractivity contribution in [1.29, 1.82) is 5.26 Å². The van der Waals surface area contributed by atoms with Gasteiger partial charge in [-0.3, -0.25) is 4.72 Å². The van der Waals surface area contributed by atoms with Gasteiger partial charge in [0.2, 0.25) is 10.0 Å². The van der Waals surface area contributed by atoms with Crippen LogP contribution in [0.15, 0.2) is 24.3 Å². The predicted octanol–water partition coefficient (Wildman–Crippen LogP) is 1.34. The number of anilines is 1. The van der Waals surface area contributed by atoms with Crippen LogP contribution in [0.1, 0.15) is 12.5 Å². The Hall–Kier alpha value is -1.58. The third-order valence-electron chi connectivity index (χ3n) is 1.97. The summed E-state index contributed by atoms with van der Waals surface area (Å²) >= 11 is 0. The standard InChI is InChI=1S/C11H14N2O3S/c1-2-16-6-7-17(14,15)13-11-5-3-4-10(8-11)9-12/h3-5,8,13H,2,6-7H2,1H3. The van der Waals surface area contributed by atoms with Crippen molar-refractivity contribution in [1.82, 2.24) is 0 Å². The molecule has 0 unspecified atom stereocenters. The zero-order valence-corrected chi connectivity index (χ0v) is 10.3. The van der Waals surface area contributed by atoms with Gasteiger partial charge >= 0.3 is 0 Å². The lowest BCUT2D eigenvalue weighted by atomic mass is 10.2. The molecule has 0 heterocycles. The first-order valence-electron chi connectivity index (χ1n) is 5.16. The van der Waals surface area contributed by atoms with E-state index in [2.05, 4.69) is 4.72 Å². The number of nitrogens with zero attached hydrogens (tertiary/aromatic N) is 1. The lowest BCUT2D eigenvalue weighted by molar-refractivity contribution is 0.163. The quantitative estimate of drug-likeness (QED) is 0.777. The number of nitrogens with one attached hydrogen (secondary N) is 1. The van der Waals surface area contributed by atoms with E-state index in [0.717, 1.165) is 0 Å². The number of benzene rings is 1. The number of ether oxygens (including phenoxy) is 1. The SMILES string of the molecule is CCOCCS(=O)(=O)Nc1cccc(C#N)c1. The Labute approximate surface area is 101 Å². The van der Waals surface area contributed by atoms with Crippen molar-refractivity contribution in [2.24, 2.45) is 0 Å². The van der Waals surface area contributed by atoms with Crippen molar-refractivity contribution < 1.29 is 13.2 Å². The summed E-state index contributed by atoms with van der Waals surface area (Å²) in [6.07, 6.45) is 0. The lowest BCUT2D eigenvalue weighted by Crippen LogP contribution is -2.20. The summed E-state index contributed by atoms with van der Waals surface area (Å²) in [5, 5.41) is 8.69. The summed E-state index contributed by atoms with van der Waals surface area (Å²) in [6.45, 7) is 2.44. The molecule has 6 heteroatoms. The first-order chi connectivity index (χ1) is 8.07. The topological polar surface area (TPSA) is 79.2 Å². The molecule has 0 atom stereocenters. The molecule has 0 saturated carbocycles. The summed E-state index contributed by atoms with van der Waals surface area (Å²) in [4.78, 5) is 0. The van der Waals surface area contributed by atoms with Crippen molar-refractivity contribution in [3.8, 4) is 6.07 Å². The van der Waals surface area contributed by atoms with Gasteiger partial charge in [-0.25, -0.2) is 8.42 Å². The van der Waals surface area contributed by atoms with E-state index in [9.17, 15) is 8.42 Å². The minimum absolute atomic E-state index is 0.0996. The van der Waals surface area contributed by atoms with Crippen LogP contribution in [-0.4, -0.2) is 27.4 Å². The second-order valence-electron chi connectivity index (χ2n) is 3.31. The normalized spacial score (nSPS) is 10.8. The van der Waals surface area contributed by atoms with E-state index < -0.39 is 10.0 Å². The van der Waals surface area contributed by atoms with Gasteiger partial charge in [0.05, 0.1) is 24.0 Å². The smallest absolute Gasteiger partial charge is 0.235 e. The highest BCUT2D eigenvalue weighted by atomic mass is 32.2. The van der Waals surface area contributed by atoms with Gasteiger partial charge in [0.25, 0.3) is 0 Å². The van der Waals surface area contributed by atoms with Gasteiger partial charge in [0.1, 0.15) is 0 Å². The highest BCUT2D eigenvalue weighted by molar-refractivity contribution is 7.92. The molecule has 1 rings (SSSR count). The molecule has 0 saturated heterocycles. The summed E-state index contributed by atoms with van der Waals surface area (Å²) in [6, 6.07) is 8.26. The number of hydrogen-bond acceptors (Lipinski definition) is 4. The Kier molecular flexibility index (Phi) is 4.94. The van der Waals surface area contributed by atoms with Crippen LogP contribution in [0.3, 0.4) is 0 Å². The monoisotopic (exact) mass is 254 g/mol. The van der Waals surface area contributed by atoms with Gasteiger partial charge in [0.15, 0.2) is 0 Å². The number of nitriles is 1. The molecule has 0 aliphatic rings. The lowest BCUT2D eigenvalue weighted by Gasteiger charge is -2.07. The van der Waals surface area contributed by atoms with Crippen LogP contribution >= 0.6 is 0 Å². The van der Waals surface area contributed by atoms with Gasteiger partial charge in [-0.2, -0.15) is 5.26 Å². The highest BCUT2D eigenvalue weighted by Crippen LogP contribution is 2.11. The molecule has 0 radical (unpaired) electrons. The third kappa shape index (κ3) is 4.85. The molecule has 17 heavy (non-hydrogen) atoms. The summed E-state index contributed by atoms with van der Waals surface area (Å²) in [5.74, 6) is -0.0996. The van der Waals surface area contributed by atoms with Gasteiger partial charge < -0.3 is 4.74 Å². The van der Waals surface area contributed by atoms with Gasteiger partial charge in [-0.1, -0.05) is 6.07 Å². The second-order valence-corrected chi connectivity index (χ2v) is 5.15. The maximum absolute atomic E-state index is 11.6. The van der Waals surface area contributed by atoms with E-state index in [4.69, 9.17) is 10.00 Å². The summed E-state index contributed by atoms with van der Waals surface area (Å²) < 4.78 is 30.6. The molecule has 0 aromatic heterocycles. The molecule has 0 amide bonds. The summed E-state index contributed by atoms with van der Waals surface area (Å²) in [5.41, 5.74) is 0.801. The molecule has 92 valence electrons. The van der Waals surface area contributed by atoms with E-state index in [1.807, 2.05) is 6.07 Å². The summed E-state index contributed by atoms with van der Waals surface area (Å²) in [7, 11) is -3.42. The first-order valence-corrected chi connectivity index (χ1v) is 6.81. The van der Waals surface area contributed by atoms with E-state index in [1.54, 1.807) is 25.1 Å². The van der Waals surface area contributed by atoms with Gasteiger partial charge in [-0.15, -0.1) is 0 Å². The zero-order valence-electron chi connectivity index (χ0n) is 9.51. The molecule has 0 aliphatic carbocycles. The second kappa shape index (κ2) is 6.23. The molecule has 1 aromatic rings. The van der Waals surface area contributed by atoms with Crippen molar-refractivity contribution in [2.45, 2.75) is 6.92 Å². The van der Waals surface area contributed by atoms with Crippen LogP contribution in [0.4, 0.5) is 5.69 Å². The Morgan fingerprint density at radius 2 is 2.24 bits per heavy atom. The molecule has 1 aromatic carbocycles. The van der Waals surface area contributed by atoms with Crippen LogP contribution < -0.4 is 4.72 Å². The van der Waals surface area contributed by atoms with Gasteiger partial charge in [0, 0.05) is 12.3 Å². The fraction of sp³-hybridized carbons (Fsp3) is 0.364. The van der Waals surface area contributed by atoms with Crippen molar-refractivity contribution in [3.05, 3.63) is 29.8 Å². The first kappa shape index (κ1) is 13.5. The van der Waals surface area contributed by atoms with Gasteiger partial charge in [-0.05, 0) is 25.1 Å². The zero-order chi connectivity index (χ0) is 12.7. The van der Waals surface area contributed by atoms with Crippen LogP contribution in [-0.2, 0) is 14.8 Å². The number of sulfonamides is 1. The minimum atomic E-state index is -3.42. The Morgan fingerprint density at radius 3 is 2.88 bits per heavy atom. The van der Waals surface area contributed by atoms with E-state index in [0.29, 0.717) is 17.9 Å². The van der Waals surface area contributed by atoms with Crippen LogP contribution in [0.25, 0.3) is 0 Å². The van der Waals surface area contributed by atoms with Crippen molar-refractivity contribution in [2.75, 3.05) is 23.7 Å². The Balaban J connectivity index is 2.66. The fourth-order valence-electron chi connectivity index (χ4n) is 1.20. The largest absolute Gasteiger partial charge is 0.381 e. The molecule has 5 nitrogen and oxygen atoms in total. The minimum Gasteiger partial charge on any atom is -0.381 e. The van der Waals surface area contributed by atoms with E-state index >= 15 is 0 Å². The predicted molar refractivity (Wildman–Crippen MR) is 65.1 cm³/mol.